The number of hydrogen-bond acceptors (Lipinski definition) is 1. The molecule has 1 aliphatic carbocycles. The summed E-state index contributed by atoms with van der Waals surface area (Å²) >= 11 is 0. The van der Waals surface area contributed by atoms with E-state index in [2.05, 4.69) is 43.4 Å². The highest BCUT2D eigenvalue weighted by molar-refractivity contribution is 5.28. The molecule has 1 nitrogen and oxygen atoms in total. The molecule has 0 heterocycles. The van der Waals surface area contributed by atoms with Crippen LogP contribution in [0.3, 0.4) is 0 Å². The molecule has 1 aromatic rings. The molecule has 0 unspecified atom stereocenters. The van der Waals surface area contributed by atoms with Crippen molar-refractivity contribution in [3.63, 3.8) is 0 Å². The Labute approximate surface area is 92.9 Å². The van der Waals surface area contributed by atoms with Gasteiger partial charge in [-0.3, -0.25) is 0 Å². The Kier molecular flexibility index (Phi) is 3.42. The average Bonchev–Trinajstić information content (AvgIpc) is 2.16. The number of nitrogens with one attached hydrogen (secondary N) is 1. The molecule has 1 fully saturated rings. The standard InChI is InChI=1S/C14H21N/c1-11-6-3-4-9-14(11)12(2)15-10-13-7-5-8-13/h3-4,6,9,12-13,15H,5,7-8,10H2,1-2H3/t12-/m1/s1. The molecule has 15 heavy (non-hydrogen) atoms. The first-order valence-corrected chi connectivity index (χ1v) is 6.06. The first-order chi connectivity index (χ1) is 7.27. The fraction of sp³-hybridized carbons (Fsp3) is 0.571. The Balaban J connectivity index is 1.89. The van der Waals surface area contributed by atoms with Gasteiger partial charge in [0, 0.05) is 6.04 Å². The number of benzene rings is 1. The largest absolute Gasteiger partial charge is 0.310 e. The second kappa shape index (κ2) is 4.80. The molecule has 1 saturated carbocycles. The van der Waals surface area contributed by atoms with Crippen LogP contribution in [0.1, 0.15) is 43.4 Å². The quantitative estimate of drug-likeness (QED) is 0.790. The van der Waals surface area contributed by atoms with Gasteiger partial charge in [-0.15, -0.1) is 0 Å². The fourth-order valence-corrected chi connectivity index (χ4v) is 2.22. The van der Waals surface area contributed by atoms with Crippen LogP contribution in [0.5, 0.6) is 0 Å². The van der Waals surface area contributed by atoms with Crippen molar-refractivity contribution in [2.24, 2.45) is 5.92 Å². The highest BCUT2D eigenvalue weighted by Crippen LogP contribution is 2.26. The van der Waals surface area contributed by atoms with E-state index in [9.17, 15) is 0 Å². The van der Waals surface area contributed by atoms with E-state index < -0.39 is 0 Å². The molecule has 1 heteroatoms. The summed E-state index contributed by atoms with van der Waals surface area (Å²) in [5.41, 5.74) is 2.84. The maximum absolute atomic E-state index is 3.64. The lowest BCUT2D eigenvalue weighted by molar-refractivity contribution is 0.292. The summed E-state index contributed by atoms with van der Waals surface area (Å²) in [6.45, 7) is 5.65. The fourth-order valence-electron chi connectivity index (χ4n) is 2.22. The predicted octanol–water partition coefficient (Wildman–Crippen LogP) is 3.45. The maximum atomic E-state index is 3.64. The van der Waals surface area contributed by atoms with Gasteiger partial charge in [0.05, 0.1) is 0 Å². The minimum atomic E-state index is 0.492. The lowest BCUT2D eigenvalue weighted by Crippen LogP contribution is -2.29. The predicted molar refractivity (Wildman–Crippen MR) is 64.9 cm³/mol. The Morgan fingerprint density at radius 3 is 2.67 bits per heavy atom. The van der Waals surface area contributed by atoms with E-state index in [-0.39, 0.29) is 0 Å². The van der Waals surface area contributed by atoms with Crippen LogP contribution in [-0.2, 0) is 0 Å². The summed E-state index contributed by atoms with van der Waals surface area (Å²) in [5, 5.41) is 3.64. The molecule has 0 bridgehead atoms. The lowest BCUT2D eigenvalue weighted by atomic mass is 9.85. The van der Waals surface area contributed by atoms with Gasteiger partial charge in [-0.2, -0.15) is 0 Å². The van der Waals surface area contributed by atoms with Crippen molar-refractivity contribution in [3.05, 3.63) is 35.4 Å². The Morgan fingerprint density at radius 1 is 1.33 bits per heavy atom. The van der Waals surface area contributed by atoms with Gasteiger partial charge in [0.15, 0.2) is 0 Å². The molecule has 82 valence electrons. The van der Waals surface area contributed by atoms with Crippen LogP contribution in [0, 0.1) is 12.8 Å². The molecule has 0 aromatic heterocycles. The first-order valence-electron chi connectivity index (χ1n) is 6.06. The third-order valence-electron chi connectivity index (χ3n) is 3.59. The van der Waals surface area contributed by atoms with E-state index in [0.29, 0.717) is 6.04 Å². The molecule has 1 N–H and O–H groups in total. The molecule has 0 amide bonds. The second-order valence-electron chi connectivity index (χ2n) is 4.78. The Bertz CT molecular complexity index is 315. The van der Waals surface area contributed by atoms with Gasteiger partial charge < -0.3 is 5.32 Å². The van der Waals surface area contributed by atoms with Crippen LogP contribution >= 0.6 is 0 Å². The third kappa shape index (κ3) is 2.60. The highest BCUT2D eigenvalue weighted by Gasteiger charge is 2.18. The SMILES string of the molecule is Cc1ccccc1[C@@H](C)NCC1CCC1. The minimum absolute atomic E-state index is 0.492. The molecule has 0 spiro atoms. The van der Waals surface area contributed by atoms with Gasteiger partial charge in [0.25, 0.3) is 0 Å². The van der Waals surface area contributed by atoms with Crippen LogP contribution in [-0.4, -0.2) is 6.54 Å². The summed E-state index contributed by atoms with van der Waals surface area (Å²) in [5.74, 6) is 0.941. The van der Waals surface area contributed by atoms with Crippen molar-refractivity contribution in [2.75, 3.05) is 6.54 Å². The zero-order valence-electron chi connectivity index (χ0n) is 9.79. The molecule has 1 aliphatic rings. The van der Waals surface area contributed by atoms with Gasteiger partial charge in [-0.05, 0) is 50.3 Å². The van der Waals surface area contributed by atoms with E-state index >= 15 is 0 Å². The van der Waals surface area contributed by atoms with Crippen molar-refractivity contribution in [1.29, 1.82) is 0 Å². The van der Waals surface area contributed by atoms with Gasteiger partial charge in [0.1, 0.15) is 0 Å². The highest BCUT2D eigenvalue weighted by atomic mass is 14.9. The Morgan fingerprint density at radius 2 is 2.07 bits per heavy atom. The summed E-state index contributed by atoms with van der Waals surface area (Å²) < 4.78 is 0. The van der Waals surface area contributed by atoms with Crippen LogP contribution in [0.15, 0.2) is 24.3 Å². The van der Waals surface area contributed by atoms with Gasteiger partial charge in [-0.25, -0.2) is 0 Å². The van der Waals surface area contributed by atoms with E-state index in [1.54, 1.807) is 0 Å². The lowest BCUT2D eigenvalue weighted by Gasteiger charge is -2.27. The Hall–Kier alpha value is -0.820. The summed E-state index contributed by atoms with van der Waals surface area (Å²) in [7, 11) is 0. The van der Waals surface area contributed by atoms with Gasteiger partial charge >= 0.3 is 0 Å². The maximum Gasteiger partial charge on any atom is 0.0294 e. The topological polar surface area (TPSA) is 12.0 Å². The molecule has 0 saturated heterocycles. The summed E-state index contributed by atoms with van der Waals surface area (Å²) in [6.07, 6.45) is 4.28. The second-order valence-corrected chi connectivity index (χ2v) is 4.78. The summed E-state index contributed by atoms with van der Waals surface area (Å²) in [6, 6.07) is 9.15. The molecular formula is C14H21N. The monoisotopic (exact) mass is 203 g/mol. The minimum Gasteiger partial charge on any atom is -0.310 e. The van der Waals surface area contributed by atoms with Crippen molar-refractivity contribution in [2.45, 2.75) is 39.2 Å². The third-order valence-corrected chi connectivity index (χ3v) is 3.59. The number of rotatable bonds is 4. The molecule has 1 aromatic carbocycles. The van der Waals surface area contributed by atoms with Crippen molar-refractivity contribution in [1.82, 2.24) is 5.32 Å². The van der Waals surface area contributed by atoms with Crippen LogP contribution in [0.25, 0.3) is 0 Å². The van der Waals surface area contributed by atoms with E-state index in [1.807, 2.05) is 0 Å². The number of hydrogen-bond donors (Lipinski definition) is 1. The van der Waals surface area contributed by atoms with E-state index in [4.69, 9.17) is 0 Å². The average molecular weight is 203 g/mol. The number of aryl methyl sites for hydroxylation is 1. The molecule has 0 aliphatic heterocycles. The van der Waals surface area contributed by atoms with Gasteiger partial charge in [0.2, 0.25) is 0 Å². The van der Waals surface area contributed by atoms with Crippen molar-refractivity contribution < 1.29 is 0 Å². The van der Waals surface area contributed by atoms with Crippen molar-refractivity contribution >= 4 is 0 Å². The molecule has 0 radical (unpaired) electrons. The molecule has 2 rings (SSSR count). The van der Waals surface area contributed by atoms with Gasteiger partial charge in [-0.1, -0.05) is 30.7 Å². The van der Waals surface area contributed by atoms with Crippen LogP contribution in [0.2, 0.25) is 0 Å². The van der Waals surface area contributed by atoms with Crippen LogP contribution < -0.4 is 5.32 Å². The van der Waals surface area contributed by atoms with Crippen molar-refractivity contribution in [3.8, 4) is 0 Å². The smallest absolute Gasteiger partial charge is 0.0294 e. The zero-order chi connectivity index (χ0) is 10.7. The van der Waals surface area contributed by atoms with E-state index in [0.717, 1.165) is 5.92 Å². The van der Waals surface area contributed by atoms with E-state index in [1.165, 1.54) is 36.9 Å². The molecular weight excluding hydrogens is 182 g/mol. The normalized spacial score (nSPS) is 18.5. The molecule has 1 atom stereocenters. The summed E-state index contributed by atoms with van der Waals surface area (Å²) in [4.78, 5) is 0. The zero-order valence-corrected chi connectivity index (χ0v) is 9.79. The van der Waals surface area contributed by atoms with Crippen LogP contribution in [0.4, 0.5) is 0 Å². The first kappa shape index (κ1) is 10.7.